The number of hydrogen-bond acceptors (Lipinski definition) is 4. The average Bonchev–Trinajstić information content (AvgIpc) is 2.64. The van der Waals surface area contributed by atoms with Crippen LogP contribution in [0.3, 0.4) is 0 Å². The first-order valence-corrected chi connectivity index (χ1v) is 7.93. The van der Waals surface area contributed by atoms with Crippen LogP contribution in [0.2, 0.25) is 0 Å². The minimum absolute atomic E-state index is 0.170. The van der Waals surface area contributed by atoms with Gasteiger partial charge in [-0.2, -0.15) is 13.2 Å². The number of carbonyl (C=O) groups is 3. The monoisotopic (exact) mass is 375 g/mol. The Kier molecular flexibility index (Phi) is 6.28. The van der Waals surface area contributed by atoms with Crippen molar-refractivity contribution in [3.05, 3.63) is 78.0 Å². The summed E-state index contributed by atoms with van der Waals surface area (Å²) in [6.45, 7) is 1.11. The molecule has 0 amide bonds. The number of benzene rings is 2. The smallest absolute Gasteiger partial charge is 0.340 e. The summed E-state index contributed by atoms with van der Waals surface area (Å²) >= 11 is 0. The van der Waals surface area contributed by atoms with E-state index in [-0.39, 0.29) is 18.1 Å². The molecular weight excluding hydrogens is 359 g/mol. The SMILES string of the molecule is CC(=O)c1ccc(N(/C=C/C(=O)C(F)(F)F)CC(=O)c2ccccc2)cc1. The Morgan fingerprint density at radius 2 is 1.52 bits per heavy atom. The molecule has 0 unspecified atom stereocenters. The van der Waals surface area contributed by atoms with Crippen LogP contribution in [0, 0.1) is 0 Å². The Labute approximate surface area is 153 Å². The van der Waals surface area contributed by atoms with E-state index < -0.39 is 12.0 Å². The second kappa shape index (κ2) is 8.44. The third-order valence-electron chi connectivity index (χ3n) is 3.70. The van der Waals surface area contributed by atoms with Gasteiger partial charge in [0.2, 0.25) is 0 Å². The maximum absolute atomic E-state index is 12.4. The molecule has 0 N–H and O–H groups in total. The van der Waals surface area contributed by atoms with Gasteiger partial charge in [-0.25, -0.2) is 0 Å². The molecule has 0 fully saturated rings. The molecule has 2 aromatic carbocycles. The largest absolute Gasteiger partial charge is 0.454 e. The van der Waals surface area contributed by atoms with Crippen LogP contribution in [0.25, 0.3) is 0 Å². The zero-order chi connectivity index (χ0) is 20.0. The Balaban J connectivity index is 2.30. The standard InChI is InChI=1S/C20H16F3NO3/c1-14(25)15-7-9-17(10-8-15)24(12-11-19(27)20(21,22)23)13-18(26)16-5-3-2-4-6-16/h2-12H,13H2,1H3/b12-11+. The van der Waals surface area contributed by atoms with Gasteiger partial charge in [0.15, 0.2) is 11.6 Å². The highest BCUT2D eigenvalue weighted by molar-refractivity contribution is 6.00. The molecule has 0 bridgehead atoms. The molecule has 0 saturated carbocycles. The van der Waals surface area contributed by atoms with E-state index in [0.717, 1.165) is 6.20 Å². The van der Waals surface area contributed by atoms with Crippen molar-refractivity contribution in [2.75, 3.05) is 11.4 Å². The van der Waals surface area contributed by atoms with Crippen molar-refractivity contribution in [3.63, 3.8) is 0 Å². The van der Waals surface area contributed by atoms with Crippen LogP contribution in [0.15, 0.2) is 66.9 Å². The van der Waals surface area contributed by atoms with E-state index in [0.29, 0.717) is 22.9 Å². The van der Waals surface area contributed by atoms with Crippen molar-refractivity contribution in [3.8, 4) is 0 Å². The van der Waals surface area contributed by atoms with Crippen LogP contribution in [0.1, 0.15) is 27.6 Å². The maximum Gasteiger partial charge on any atom is 0.454 e. The fourth-order valence-electron chi connectivity index (χ4n) is 2.24. The van der Waals surface area contributed by atoms with Crippen molar-refractivity contribution in [1.29, 1.82) is 0 Å². The number of halogens is 3. The van der Waals surface area contributed by atoms with Crippen molar-refractivity contribution >= 4 is 23.0 Å². The van der Waals surface area contributed by atoms with Gasteiger partial charge >= 0.3 is 6.18 Å². The molecule has 0 radical (unpaired) electrons. The summed E-state index contributed by atoms with van der Waals surface area (Å²) in [5.74, 6) is -2.54. The molecule has 140 valence electrons. The Bertz CT molecular complexity index is 856. The van der Waals surface area contributed by atoms with Crippen molar-refractivity contribution < 1.29 is 27.6 Å². The number of alkyl halides is 3. The zero-order valence-corrected chi connectivity index (χ0v) is 14.4. The highest BCUT2D eigenvalue weighted by atomic mass is 19.4. The van der Waals surface area contributed by atoms with Gasteiger partial charge in [-0.15, -0.1) is 0 Å². The van der Waals surface area contributed by atoms with Gasteiger partial charge < -0.3 is 4.90 Å². The Morgan fingerprint density at radius 1 is 0.926 bits per heavy atom. The molecule has 0 saturated heterocycles. The van der Waals surface area contributed by atoms with Gasteiger partial charge in [0.1, 0.15) is 0 Å². The highest BCUT2D eigenvalue weighted by Crippen LogP contribution is 2.20. The number of rotatable bonds is 7. The number of anilines is 1. The summed E-state index contributed by atoms with van der Waals surface area (Å²) in [5, 5.41) is 0. The fraction of sp³-hybridized carbons (Fsp3) is 0.150. The molecule has 4 nitrogen and oxygen atoms in total. The van der Waals surface area contributed by atoms with Gasteiger partial charge in [-0.1, -0.05) is 30.3 Å². The Morgan fingerprint density at radius 3 is 2.04 bits per heavy atom. The minimum Gasteiger partial charge on any atom is -0.340 e. The number of Topliss-reactive ketones (excluding diaryl/α,β-unsaturated/α-hetero) is 2. The number of allylic oxidation sites excluding steroid dienone is 1. The summed E-state index contributed by atoms with van der Waals surface area (Å²) < 4.78 is 37.3. The average molecular weight is 375 g/mol. The van der Waals surface area contributed by atoms with Gasteiger partial charge in [-0.3, -0.25) is 14.4 Å². The number of ketones is 3. The first-order chi connectivity index (χ1) is 12.7. The van der Waals surface area contributed by atoms with E-state index >= 15 is 0 Å². The molecule has 2 rings (SSSR count). The van der Waals surface area contributed by atoms with Gasteiger partial charge in [0.05, 0.1) is 6.54 Å². The van der Waals surface area contributed by atoms with Crippen molar-refractivity contribution in [2.24, 2.45) is 0 Å². The van der Waals surface area contributed by atoms with E-state index in [1.165, 1.54) is 36.1 Å². The molecule has 0 aliphatic carbocycles. The molecular formula is C20H16F3NO3. The highest BCUT2D eigenvalue weighted by Gasteiger charge is 2.36. The predicted octanol–water partition coefficient (Wildman–Crippen LogP) is 4.22. The van der Waals surface area contributed by atoms with E-state index in [1.807, 2.05) is 0 Å². The predicted molar refractivity (Wildman–Crippen MR) is 94.8 cm³/mol. The van der Waals surface area contributed by atoms with Crippen LogP contribution >= 0.6 is 0 Å². The molecule has 27 heavy (non-hydrogen) atoms. The lowest BCUT2D eigenvalue weighted by Gasteiger charge is -2.20. The molecule has 0 heterocycles. The van der Waals surface area contributed by atoms with E-state index in [9.17, 15) is 27.6 Å². The van der Waals surface area contributed by atoms with Crippen LogP contribution in [0.4, 0.5) is 18.9 Å². The van der Waals surface area contributed by atoms with Crippen LogP contribution in [0.5, 0.6) is 0 Å². The van der Waals surface area contributed by atoms with Gasteiger partial charge in [-0.05, 0) is 31.2 Å². The lowest BCUT2D eigenvalue weighted by molar-refractivity contribution is -0.165. The Hall–Kier alpha value is -3.22. The lowest BCUT2D eigenvalue weighted by atomic mass is 10.1. The van der Waals surface area contributed by atoms with Crippen molar-refractivity contribution in [2.45, 2.75) is 13.1 Å². The first-order valence-electron chi connectivity index (χ1n) is 7.93. The molecule has 0 spiro atoms. The van der Waals surface area contributed by atoms with Gasteiger partial charge in [0.25, 0.3) is 5.78 Å². The lowest BCUT2D eigenvalue weighted by Crippen LogP contribution is -2.26. The van der Waals surface area contributed by atoms with Crippen LogP contribution < -0.4 is 4.90 Å². The van der Waals surface area contributed by atoms with E-state index in [1.54, 1.807) is 30.3 Å². The first kappa shape index (κ1) is 20.1. The summed E-state index contributed by atoms with van der Waals surface area (Å²) in [6.07, 6.45) is -3.71. The summed E-state index contributed by atoms with van der Waals surface area (Å²) in [5.41, 5.74) is 1.18. The number of nitrogens with zero attached hydrogens (tertiary/aromatic N) is 1. The molecule has 0 aliphatic heterocycles. The quantitative estimate of drug-likeness (QED) is 0.537. The normalized spacial score (nSPS) is 11.4. The molecule has 2 aromatic rings. The third kappa shape index (κ3) is 5.64. The third-order valence-corrected chi connectivity index (χ3v) is 3.70. The number of carbonyl (C=O) groups excluding carboxylic acids is 3. The van der Waals surface area contributed by atoms with Crippen LogP contribution in [-0.4, -0.2) is 30.1 Å². The summed E-state index contributed by atoms with van der Waals surface area (Å²) in [7, 11) is 0. The molecule has 0 atom stereocenters. The molecule has 7 heteroatoms. The van der Waals surface area contributed by atoms with Crippen molar-refractivity contribution in [1.82, 2.24) is 0 Å². The zero-order valence-electron chi connectivity index (χ0n) is 14.4. The maximum atomic E-state index is 12.4. The van der Waals surface area contributed by atoms with E-state index in [4.69, 9.17) is 0 Å². The number of hydrogen-bond donors (Lipinski definition) is 0. The molecule has 0 aliphatic rings. The second-order valence-electron chi connectivity index (χ2n) is 5.70. The fourth-order valence-corrected chi connectivity index (χ4v) is 2.24. The summed E-state index contributed by atoms with van der Waals surface area (Å²) in [6, 6.07) is 14.2. The summed E-state index contributed by atoms with van der Waals surface area (Å²) in [4.78, 5) is 36.1. The second-order valence-corrected chi connectivity index (χ2v) is 5.70. The molecule has 0 aromatic heterocycles. The topological polar surface area (TPSA) is 54.5 Å². The minimum atomic E-state index is -5.00. The van der Waals surface area contributed by atoms with Gasteiger partial charge in [0, 0.05) is 29.1 Å². The van der Waals surface area contributed by atoms with E-state index in [2.05, 4.69) is 0 Å². The van der Waals surface area contributed by atoms with Crippen LogP contribution in [-0.2, 0) is 4.79 Å².